The van der Waals surface area contributed by atoms with Crippen molar-refractivity contribution in [3.05, 3.63) is 65.9 Å². The van der Waals surface area contributed by atoms with Gasteiger partial charge in [0.25, 0.3) is 5.91 Å². The lowest BCUT2D eigenvalue weighted by Gasteiger charge is -2.24. The highest BCUT2D eigenvalue weighted by Gasteiger charge is 2.38. The Hall–Kier alpha value is -2.64. The number of amides is 1. The molecule has 0 spiro atoms. The van der Waals surface area contributed by atoms with Crippen LogP contribution in [0.15, 0.2) is 59.6 Å². The largest absolute Gasteiger partial charge is 0.345 e. The van der Waals surface area contributed by atoms with Gasteiger partial charge in [-0.3, -0.25) is 4.79 Å². The quantitative estimate of drug-likeness (QED) is 0.648. The van der Waals surface area contributed by atoms with Crippen LogP contribution in [0.5, 0.6) is 0 Å². The molecule has 1 aliphatic heterocycles. The van der Waals surface area contributed by atoms with Crippen LogP contribution in [-0.2, 0) is 16.4 Å². The zero-order valence-corrected chi connectivity index (χ0v) is 17.7. The summed E-state index contributed by atoms with van der Waals surface area (Å²) in [5.41, 5.74) is 2.30. The molecule has 7 heteroatoms. The van der Waals surface area contributed by atoms with Crippen molar-refractivity contribution in [1.29, 1.82) is 0 Å². The highest BCUT2D eigenvalue weighted by atomic mass is 32.2. The van der Waals surface area contributed by atoms with Crippen LogP contribution in [0.2, 0.25) is 0 Å². The summed E-state index contributed by atoms with van der Waals surface area (Å²) in [5, 5.41) is 0.886. The van der Waals surface area contributed by atoms with Gasteiger partial charge < -0.3 is 14.4 Å². The maximum absolute atomic E-state index is 13.4. The number of aromatic nitrogens is 1. The molecule has 3 aromatic rings. The van der Waals surface area contributed by atoms with Gasteiger partial charge in [-0.15, -0.1) is 0 Å². The Morgan fingerprint density at radius 3 is 2.52 bits per heavy atom. The van der Waals surface area contributed by atoms with E-state index in [0.717, 1.165) is 24.0 Å². The number of sulfone groups is 1. The van der Waals surface area contributed by atoms with E-state index < -0.39 is 15.9 Å². The monoisotopic (exact) mass is 411 g/mol. The standard InChI is InChI=1S/C22H25N3O3S/c1-23(2)12-13-25-14-18(16-8-4-6-10-19(16)25)22(26)24(3)20-15-29(27,28)21-11-7-5-9-17(20)21/h4-11,14,20H,12-13,15H2,1-3H3. The molecule has 0 aliphatic carbocycles. The number of nitrogens with zero attached hydrogens (tertiary/aromatic N) is 3. The summed E-state index contributed by atoms with van der Waals surface area (Å²) in [6.45, 7) is 1.63. The zero-order valence-electron chi connectivity index (χ0n) is 16.9. The highest BCUT2D eigenvalue weighted by Crippen LogP contribution is 2.37. The molecule has 0 radical (unpaired) electrons. The minimum Gasteiger partial charge on any atom is -0.345 e. The van der Waals surface area contributed by atoms with Crippen molar-refractivity contribution in [2.24, 2.45) is 0 Å². The Bertz CT molecular complexity index is 1180. The normalized spacial score (nSPS) is 17.6. The molecule has 0 bridgehead atoms. The summed E-state index contributed by atoms with van der Waals surface area (Å²) in [6.07, 6.45) is 1.89. The Morgan fingerprint density at radius 1 is 1.07 bits per heavy atom. The third-order valence-corrected chi connectivity index (χ3v) is 7.38. The molecule has 1 atom stereocenters. The van der Waals surface area contributed by atoms with Crippen molar-refractivity contribution < 1.29 is 13.2 Å². The van der Waals surface area contributed by atoms with E-state index in [0.29, 0.717) is 16.0 Å². The Kier molecular flexibility index (Phi) is 4.96. The molecule has 2 aromatic carbocycles. The SMILES string of the molecule is CN(C)CCn1cc(C(=O)N(C)C2CS(=O)(=O)c3ccccc32)c2ccccc21. The maximum Gasteiger partial charge on any atom is 0.256 e. The number of carbonyl (C=O) groups is 1. The van der Waals surface area contributed by atoms with Gasteiger partial charge in [0.15, 0.2) is 9.84 Å². The first-order chi connectivity index (χ1) is 13.8. The first kappa shape index (κ1) is 19.7. The smallest absolute Gasteiger partial charge is 0.256 e. The van der Waals surface area contributed by atoms with Gasteiger partial charge in [-0.25, -0.2) is 8.42 Å². The van der Waals surface area contributed by atoms with Crippen molar-refractivity contribution in [1.82, 2.24) is 14.4 Å². The molecular formula is C22H25N3O3S. The van der Waals surface area contributed by atoms with Crippen molar-refractivity contribution in [3.63, 3.8) is 0 Å². The highest BCUT2D eigenvalue weighted by molar-refractivity contribution is 7.91. The van der Waals surface area contributed by atoms with Crippen LogP contribution in [0, 0.1) is 0 Å². The summed E-state index contributed by atoms with van der Waals surface area (Å²) < 4.78 is 27.2. The maximum atomic E-state index is 13.4. The van der Waals surface area contributed by atoms with Crippen LogP contribution >= 0.6 is 0 Å². The Labute approximate surface area is 171 Å². The molecule has 4 rings (SSSR count). The molecule has 1 unspecified atom stereocenters. The average molecular weight is 412 g/mol. The summed E-state index contributed by atoms with van der Waals surface area (Å²) >= 11 is 0. The summed E-state index contributed by atoms with van der Waals surface area (Å²) in [5.74, 6) is -0.241. The molecule has 1 aliphatic rings. The number of hydrogen-bond acceptors (Lipinski definition) is 4. The van der Waals surface area contributed by atoms with Gasteiger partial charge >= 0.3 is 0 Å². The van der Waals surface area contributed by atoms with Gasteiger partial charge in [0.1, 0.15) is 0 Å². The molecule has 0 N–H and O–H groups in total. The van der Waals surface area contributed by atoms with Gasteiger partial charge in [-0.2, -0.15) is 0 Å². The molecule has 6 nitrogen and oxygen atoms in total. The van der Waals surface area contributed by atoms with E-state index in [2.05, 4.69) is 9.47 Å². The second kappa shape index (κ2) is 7.31. The third-order valence-electron chi connectivity index (χ3n) is 5.59. The van der Waals surface area contributed by atoms with Crippen LogP contribution < -0.4 is 0 Å². The molecule has 2 heterocycles. The third kappa shape index (κ3) is 3.45. The number of fused-ring (bicyclic) bond motifs is 2. The number of carbonyl (C=O) groups excluding carboxylic acids is 1. The fourth-order valence-corrected chi connectivity index (χ4v) is 5.84. The van der Waals surface area contributed by atoms with E-state index in [-0.39, 0.29) is 11.7 Å². The van der Waals surface area contributed by atoms with Crippen LogP contribution in [-0.4, -0.2) is 62.1 Å². The summed E-state index contributed by atoms with van der Waals surface area (Å²) in [4.78, 5) is 17.4. The van der Waals surface area contributed by atoms with Gasteiger partial charge in [-0.1, -0.05) is 36.4 Å². The number of likely N-dealkylation sites (N-methyl/N-ethyl adjacent to an activating group) is 1. The van der Waals surface area contributed by atoms with Gasteiger partial charge in [-0.05, 0) is 31.8 Å². The van der Waals surface area contributed by atoms with Crippen LogP contribution in [0.1, 0.15) is 22.0 Å². The molecule has 0 saturated heterocycles. The zero-order chi connectivity index (χ0) is 20.8. The predicted octanol–water partition coefficient (Wildman–Crippen LogP) is 2.80. The molecule has 29 heavy (non-hydrogen) atoms. The van der Waals surface area contributed by atoms with E-state index in [1.165, 1.54) is 0 Å². The van der Waals surface area contributed by atoms with E-state index >= 15 is 0 Å². The van der Waals surface area contributed by atoms with Gasteiger partial charge in [0.05, 0.1) is 22.3 Å². The molecule has 0 fully saturated rings. The van der Waals surface area contributed by atoms with E-state index in [9.17, 15) is 13.2 Å². The van der Waals surface area contributed by atoms with Crippen molar-refractivity contribution in [2.45, 2.75) is 17.5 Å². The summed E-state index contributed by atoms with van der Waals surface area (Å²) in [6, 6.07) is 14.3. The predicted molar refractivity (Wildman–Crippen MR) is 114 cm³/mol. The lowest BCUT2D eigenvalue weighted by molar-refractivity contribution is 0.0747. The van der Waals surface area contributed by atoms with Gasteiger partial charge in [0.2, 0.25) is 0 Å². The number of para-hydroxylation sites is 1. The number of rotatable bonds is 5. The van der Waals surface area contributed by atoms with Crippen molar-refractivity contribution in [3.8, 4) is 0 Å². The van der Waals surface area contributed by atoms with Crippen molar-refractivity contribution >= 4 is 26.6 Å². The summed E-state index contributed by atoms with van der Waals surface area (Å²) in [7, 11) is 2.35. The molecule has 0 saturated carbocycles. The first-order valence-electron chi connectivity index (χ1n) is 9.61. The van der Waals surface area contributed by atoms with Crippen LogP contribution in [0.3, 0.4) is 0 Å². The average Bonchev–Trinajstić information content (AvgIpc) is 3.21. The second-order valence-electron chi connectivity index (χ2n) is 7.81. The second-order valence-corrected chi connectivity index (χ2v) is 9.81. The molecule has 1 aromatic heterocycles. The number of benzene rings is 2. The lowest BCUT2D eigenvalue weighted by Crippen LogP contribution is -2.32. The topological polar surface area (TPSA) is 62.6 Å². The molecular weight excluding hydrogens is 386 g/mol. The lowest BCUT2D eigenvalue weighted by atomic mass is 10.1. The fourth-order valence-electron chi connectivity index (χ4n) is 3.99. The van der Waals surface area contributed by atoms with Crippen molar-refractivity contribution in [2.75, 3.05) is 33.4 Å². The van der Waals surface area contributed by atoms with Gasteiger partial charge in [0, 0.05) is 37.2 Å². The van der Waals surface area contributed by atoms with Crippen LogP contribution in [0.25, 0.3) is 10.9 Å². The van der Waals surface area contributed by atoms with E-state index in [1.54, 1.807) is 30.1 Å². The Balaban J connectivity index is 1.71. The van der Waals surface area contributed by atoms with E-state index in [4.69, 9.17) is 0 Å². The van der Waals surface area contributed by atoms with Crippen LogP contribution in [0.4, 0.5) is 0 Å². The molecule has 152 valence electrons. The van der Waals surface area contributed by atoms with E-state index in [1.807, 2.05) is 50.6 Å². The minimum absolute atomic E-state index is 0.0755. The molecule has 1 amide bonds. The fraction of sp³-hybridized carbons (Fsp3) is 0.318. The Morgan fingerprint density at radius 2 is 1.76 bits per heavy atom. The first-order valence-corrected chi connectivity index (χ1v) is 11.3. The number of hydrogen-bond donors (Lipinski definition) is 0. The minimum atomic E-state index is -3.38.